The van der Waals surface area contributed by atoms with Crippen molar-refractivity contribution in [1.29, 1.82) is 0 Å². The molecule has 1 amide bonds. The molecule has 0 aliphatic carbocycles. The zero-order valence-electron chi connectivity index (χ0n) is 10.1. The van der Waals surface area contributed by atoms with Crippen molar-refractivity contribution in [3.05, 3.63) is 0 Å². The second kappa shape index (κ2) is 3.46. The van der Waals surface area contributed by atoms with Gasteiger partial charge in [0.1, 0.15) is 5.54 Å². The highest BCUT2D eigenvalue weighted by Crippen LogP contribution is 2.36. The van der Waals surface area contributed by atoms with Gasteiger partial charge in [-0.25, -0.2) is 0 Å². The smallest absolute Gasteiger partial charge is 0.243 e. The Morgan fingerprint density at radius 1 is 1.53 bits per heavy atom. The Labute approximate surface area is 91.6 Å². The predicted molar refractivity (Wildman–Crippen MR) is 59.4 cm³/mol. The number of nitrogens with one attached hydrogen (secondary N) is 1. The van der Waals surface area contributed by atoms with Crippen LogP contribution < -0.4 is 5.32 Å². The van der Waals surface area contributed by atoms with Crippen molar-refractivity contribution in [1.82, 2.24) is 15.1 Å². The molecule has 2 rings (SSSR count). The van der Waals surface area contributed by atoms with Crippen molar-refractivity contribution in [2.24, 2.45) is 5.92 Å². The minimum Gasteiger partial charge on any atom is -0.339 e. The van der Waals surface area contributed by atoms with Crippen LogP contribution in [0.2, 0.25) is 0 Å². The highest BCUT2D eigenvalue weighted by molar-refractivity contribution is 5.89. The molecule has 2 fully saturated rings. The van der Waals surface area contributed by atoms with Crippen LogP contribution >= 0.6 is 0 Å². The van der Waals surface area contributed by atoms with E-state index in [0.29, 0.717) is 5.92 Å². The van der Waals surface area contributed by atoms with E-state index >= 15 is 0 Å². The van der Waals surface area contributed by atoms with Gasteiger partial charge in [-0.1, -0.05) is 13.8 Å². The van der Waals surface area contributed by atoms with E-state index in [9.17, 15) is 4.79 Å². The Balaban J connectivity index is 2.29. The molecular weight excluding hydrogens is 190 g/mol. The molecule has 2 aliphatic heterocycles. The zero-order chi connectivity index (χ0) is 11.2. The van der Waals surface area contributed by atoms with E-state index in [4.69, 9.17) is 0 Å². The first-order valence-electron chi connectivity index (χ1n) is 5.78. The van der Waals surface area contributed by atoms with Gasteiger partial charge in [0.05, 0.1) is 6.17 Å². The highest BCUT2D eigenvalue weighted by atomic mass is 16.2. The Hall–Kier alpha value is -0.610. The molecule has 15 heavy (non-hydrogen) atoms. The third-order valence-corrected chi connectivity index (χ3v) is 4.20. The van der Waals surface area contributed by atoms with E-state index in [1.165, 1.54) is 0 Å². The summed E-state index contributed by atoms with van der Waals surface area (Å²) in [6, 6.07) is 0. The van der Waals surface area contributed by atoms with Crippen molar-refractivity contribution in [3.8, 4) is 0 Å². The molecule has 2 heterocycles. The molecule has 2 aliphatic rings. The van der Waals surface area contributed by atoms with Gasteiger partial charge in [-0.2, -0.15) is 0 Å². The Bertz CT molecular complexity index is 281. The number of likely N-dealkylation sites (tertiary alicyclic amines) is 1. The van der Waals surface area contributed by atoms with Crippen molar-refractivity contribution < 1.29 is 4.79 Å². The summed E-state index contributed by atoms with van der Waals surface area (Å²) >= 11 is 0. The Kier molecular flexibility index (Phi) is 2.51. The number of carbonyl (C=O) groups is 1. The van der Waals surface area contributed by atoms with Crippen LogP contribution in [0.3, 0.4) is 0 Å². The second-order valence-corrected chi connectivity index (χ2v) is 4.91. The zero-order valence-corrected chi connectivity index (χ0v) is 10.1. The summed E-state index contributed by atoms with van der Waals surface area (Å²) < 4.78 is 0. The van der Waals surface area contributed by atoms with E-state index in [0.717, 1.165) is 19.6 Å². The molecule has 4 nitrogen and oxygen atoms in total. The average molecular weight is 211 g/mol. The molecule has 4 heteroatoms. The lowest BCUT2D eigenvalue weighted by Crippen LogP contribution is -2.54. The summed E-state index contributed by atoms with van der Waals surface area (Å²) in [4.78, 5) is 16.7. The first-order chi connectivity index (χ1) is 7.02. The van der Waals surface area contributed by atoms with Gasteiger partial charge in [-0.15, -0.1) is 0 Å². The molecule has 0 aromatic rings. The summed E-state index contributed by atoms with van der Waals surface area (Å²) in [6.45, 7) is 9.32. The molecule has 0 saturated carbocycles. The molecule has 1 spiro atoms. The summed E-state index contributed by atoms with van der Waals surface area (Å²) in [5.74, 6) is 0.619. The molecule has 0 bridgehead atoms. The SMILES string of the molecule is CCN1CC(C)C2(C1)C(=O)NC(C)N2C. The van der Waals surface area contributed by atoms with Crippen LogP contribution in [-0.2, 0) is 4.79 Å². The third kappa shape index (κ3) is 1.31. The van der Waals surface area contributed by atoms with Gasteiger partial charge in [0, 0.05) is 13.1 Å². The lowest BCUT2D eigenvalue weighted by Gasteiger charge is -2.33. The maximum Gasteiger partial charge on any atom is 0.243 e. The van der Waals surface area contributed by atoms with Crippen LogP contribution in [-0.4, -0.2) is 54.1 Å². The molecule has 3 unspecified atom stereocenters. The van der Waals surface area contributed by atoms with Crippen LogP contribution in [0.1, 0.15) is 20.8 Å². The molecule has 1 N–H and O–H groups in total. The van der Waals surface area contributed by atoms with Gasteiger partial charge < -0.3 is 10.2 Å². The summed E-state index contributed by atoms with van der Waals surface area (Å²) in [6.07, 6.45) is 0.164. The predicted octanol–water partition coefficient (Wildman–Crippen LogP) is 0.104. The van der Waals surface area contributed by atoms with Gasteiger partial charge >= 0.3 is 0 Å². The number of nitrogens with zero attached hydrogens (tertiary/aromatic N) is 2. The van der Waals surface area contributed by atoms with Crippen molar-refractivity contribution in [3.63, 3.8) is 0 Å². The quantitative estimate of drug-likeness (QED) is 0.668. The van der Waals surface area contributed by atoms with Crippen molar-refractivity contribution >= 4 is 5.91 Å². The minimum atomic E-state index is -0.282. The molecular formula is C11H21N3O. The van der Waals surface area contributed by atoms with Crippen LogP contribution in [0.25, 0.3) is 0 Å². The topological polar surface area (TPSA) is 35.6 Å². The van der Waals surface area contributed by atoms with E-state index in [-0.39, 0.29) is 17.6 Å². The van der Waals surface area contributed by atoms with Gasteiger partial charge in [0.15, 0.2) is 0 Å². The number of likely N-dealkylation sites (N-methyl/N-ethyl adjacent to an activating group) is 2. The largest absolute Gasteiger partial charge is 0.339 e. The molecule has 86 valence electrons. The van der Waals surface area contributed by atoms with Gasteiger partial charge in [-0.05, 0) is 26.4 Å². The fraction of sp³-hybridized carbons (Fsp3) is 0.909. The van der Waals surface area contributed by atoms with Crippen LogP contribution in [0.4, 0.5) is 0 Å². The Morgan fingerprint density at radius 2 is 2.20 bits per heavy atom. The number of rotatable bonds is 1. The fourth-order valence-corrected chi connectivity index (χ4v) is 3.01. The first-order valence-corrected chi connectivity index (χ1v) is 5.78. The highest BCUT2D eigenvalue weighted by Gasteiger charge is 2.57. The van der Waals surface area contributed by atoms with Crippen molar-refractivity contribution in [2.45, 2.75) is 32.5 Å². The summed E-state index contributed by atoms with van der Waals surface area (Å²) in [5, 5.41) is 3.03. The first kappa shape index (κ1) is 10.9. The molecule has 0 radical (unpaired) electrons. The van der Waals surface area contributed by atoms with Crippen LogP contribution in [0.5, 0.6) is 0 Å². The van der Waals surface area contributed by atoms with Crippen LogP contribution in [0.15, 0.2) is 0 Å². The van der Waals surface area contributed by atoms with Gasteiger partial charge in [0.25, 0.3) is 0 Å². The maximum absolute atomic E-state index is 12.1. The van der Waals surface area contributed by atoms with Crippen molar-refractivity contribution in [2.75, 3.05) is 26.7 Å². The molecule has 3 atom stereocenters. The Morgan fingerprint density at radius 3 is 2.60 bits per heavy atom. The average Bonchev–Trinajstić information content (AvgIpc) is 2.64. The second-order valence-electron chi connectivity index (χ2n) is 4.91. The minimum absolute atomic E-state index is 0.164. The number of hydrogen-bond donors (Lipinski definition) is 1. The van der Waals surface area contributed by atoms with E-state index in [1.807, 2.05) is 6.92 Å². The van der Waals surface area contributed by atoms with E-state index in [1.54, 1.807) is 0 Å². The lowest BCUT2D eigenvalue weighted by atomic mass is 9.87. The lowest BCUT2D eigenvalue weighted by molar-refractivity contribution is -0.127. The standard InChI is InChI=1S/C11H21N3O/c1-5-14-6-8(2)11(7-14)10(15)12-9(3)13(11)4/h8-9H,5-7H2,1-4H3,(H,12,15). The van der Waals surface area contributed by atoms with E-state index < -0.39 is 0 Å². The van der Waals surface area contributed by atoms with Gasteiger partial charge in [0.2, 0.25) is 5.91 Å². The van der Waals surface area contributed by atoms with Crippen LogP contribution in [0, 0.1) is 5.92 Å². The molecule has 0 aromatic carbocycles. The fourth-order valence-electron chi connectivity index (χ4n) is 3.01. The maximum atomic E-state index is 12.1. The normalized spacial score (nSPS) is 42.8. The molecule has 2 saturated heterocycles. The molecule has 0 aromatic heterocycles. The van der Waals surface area contributed by atoms with Gasteiger partial charge in [-0.3, -0.25) is 9.69 Å². The monoisotopic (exact) mass is 211 g/mol. The summed E-state index contributed by atoms with van der Waals surface area (Å²) in [7, 11) is 2.05. The number of amides is 1. The number of hydrogen-bond acceptors (Lipinski definition) is 3. The third-order valence-electron chi connectivity index (χ3n) is 4.20. The number of carbonyl (C=O) groups excluding carboxylic acids is 1. The van der Waals surface area contributed by atoms with E-state index in [2.05, 4.69) is 36.0 Å². The summed E-state index contributed by atoms with van der Waals surface area (Å²) in [5.41, 5.74) is -0.282.